The molecule has 0 bridgehead atoms. The van der Waals surface area contributed by atoms with Crippen molar-refractivity contribution in [3.05, 3.63) is 64.0 Å². The first kappa shape index (κ1) is 18.3. The van der Waals surface area contributed by atoms with Gasteiger partial charge in [0.25, 0.3) is 5.91 Å². The minimum atomic E-state index is -0.468. The van der Waals surface area contributed by atoms with Crippen LogP contribution in [-0.4, -0.2) is 29.4 Å². The second-order valence-corrected chi connectivity index (χ2v) is 7.43. The van der Waals surface area contributed by atoms with E-state index in [1.807, 2.05) is 0 Å². The van der Waals surface area contributed by atoms with Gasteiger partial charge in [-0.05, 0) is 42.1 Å². The van der Waals surface area contributed by atoms with Gasteiger partial charge >= 0.3 is 5.24 Å². The Balaban J connectivity index is 1.64. The molecule has 7 nitrogen and oxygen atoms in total. The standard InChI is InChI=1S/C19H13ClN4O3S/c20-10-5-7-11(8-6-10)22-14(25)9-24-13-4-2-1-3-12(13)15(18(24)26)16-17(21)23-19(27)28-16/h1-8H,9H2,(H,22,25)(H2,21,23,27)/b16-15+. The molecule has 0 saturated carbocycles. The molecule has 3 N–H and O–H groups in total. The van der Waals surface area contributed by atoms with Gasteiger partial charge < -0.3 is 11.1 Å². The van der Waals surface area contributed by atoms with Crippen LogP contribution in [0, 0.1) is 0 Å². The number of carbonyl (C=O) groups is 3. The molecule has 2 aromatic carbocycles. The summed E-state index contributed by atoms with van der Waals surface area (Å²) in [6.45, 7) is -0.190. The quantitative estimate of drug-likeness (QED) is 0.753. The topological polar surface area (TPSA) is 105 Å². The largest absolute Gasteiger partial charge is 0.383 e. The molecule has 3 amide bonds. The molecule has 0 aliphatic carbocycles. The Morgan fingerprint density at radius 2 is 1.86 bits per heavy atom. The number of benzene rings is 2. The van der Waals surface area contributed by atoms with E-state index in [0.29, 0.717) is 26.9 Å². The monoisotopic (exact) mass is 412 g/mol. The maximum atomic E-state index is 13.1. The molecule has 2 aromatic rings. The Labute approximate surface area is 169 Å². The molecule has 0 aromatic heterocycles. The number of nitrogens with zero attached hydrogens (tertiary/aromatic N) is 2. The van der Waals surface area contributed by atoms with Crippen LogP contribution >= 0.6 is 23.4 Å². The van der Waals surface area contributed by atoms with Gasteiger partial charge in [0, 0.05) is 16.3 Å². The fraction of sp³-hybridized carbons (Fsp3) is 0.0526. The summed E-state index contributed by atoms with van der Waals surface area (Å²) in [6, 6.07) is 13.7. The number of aliphatic imine (C=N–C) groups is 1. The zero-order valence-corrected chi connectivity index (χ0v) is 15.9. The lowest BCUT2D eigenvalue weighted by Crippen LogP contribution is -2.35. The van der Waals surface area contributed by atoms with Gasteiger partial charge in [-0.25, -0.2) is 0 Å². The molecule has 4 rings (SSSR count). The molecule has 28 heavy (non-hydrogen) atoms. The molecular formula is C19H13ClN4O3S. The second-order valence-electron chi connectivity index (χ2n) is 6.03. The van der Waals surface area contributed by atoms with E-state index < -0.39 is 11.1 Å². The van der Waals surface area contributed by atoms with Gasteiger partial charge in [0.2, 0.25) is 5.91 Å². The van der Waals surface area contributed by atoms with E-state index in [0.717, 1.165) is 11.8 Å². The third-order valence-corrected chi connectivity index (χ3v) is 5.35. The van der Waals surface area contributed by atoms with E-state index in [4.69, 9.17) is 17.3 Å². The van der Waals surface area contributed by atoms with Gasteiger partial charge in [-0.3, -0.25) is 19.3 Å². The number of thioether (sulfide) groups is 1. The number of hydrogen-bond acceptors (Lipinski definition) is 5. The van der Waals surface area contributed by atoms with Crippen LogP contribution in [0.2, 0.25) is 5.02 Å². The maximum Gasteiger partial charge on any atom is 0.311 e. The molecule has 0 spiro atoms. The van der Waals surface area contributed by atoms with Crippen LogP contribution in [-0.2, 0) is 9.59 Å². The van der Waals surface area contributed by atoms with Crippen LogP contribution in [0.15, 0.2) is 58.4 Å². The molecular weight excluding hydrogens is 400 g/mol. The second kappa shape index (κ2) is 7.14. The number of fused-ring (bicyclic) bond motifs is 1. The van der Waals surface area contributed by atoms with Crippen LogP contribution < -0.4 is 16.0 Å². The number of amidine groups is 1. The summed E-state index contributed by atoms with van der Waals surface area (Å²) in [6.07, 6.45) is 0. The average Bonchev–Trinajstić information content (AvgIpc) is 3.13. The SMILES string of the molecule is NC1=NC(=O)S/C1=C1/C(=O)N(CC(=O)Nc2ccc(Cl)cc2)c2ccccc21. The van der Waals surface area contributed by atoms with Crippen molar-refractivity contribution in [3.8, 4) is 0 Å². The first-order chi connectivity index (χ1) is 13.4. The van der Waals surface area contributed by atoms with Crippen molar-refractivity contribution in [1.29, 1.82) is 0 Å². The fourth-order valence-corrected chi connectivity index (χ4v) is 3.92. The molecule has 2 aliphatic rings. The highest BCUT2D eigenvalue weighted by Crippen LogP contribution is 2.42. The number of anilines is 2. The lowest BCUT2D eigenvalue weighted by Gasteiger charge is -2.16. The Hall–Kier alpha value is -3.10. The molecule has 140 valence electrons. The summed E-state index contributed by atoms with van der Waals surface area (Å²) in [4.78, 5) is 42.5. The maximum absolute atomic E-state index is 13.1. The third-order valence-electron chi connectivity index (χ3n) is 4.21. The summed E-state index contributed by atoms with van der Waals surface area (Å²) in [5, 5.41) is 2.82. The zero-order valence-electron chi connectivity index (χ0n) is 14.3. The predicted octanol–water partition coefficient (Wildman–Crippen LogP) is 3.26. The Morgan fingerprint density at radius 3 is 2.54 bits per heavy atom. The molecule has 0 saturated heterocycles. The van der Waals surface area contributed by atoms with Crippen LogP contribution in [0.3, 0.4) is 0 Å². The number of hydrogen-bond donors (Lipinski definition) is 2. The minimum Gasteiger partial charge on any atom is -0.383 e. The summed E-state index contributed by atoms with van der Waals surface area (Å²) in [7, 11) is 0. The van der Waals surface area contributed by atoms with Crippen molar-refractivity contribution in [2.75, 3.05) is 16.8 Å². The van der Waals surface area contributed by atoms with Crippen molar-refractivity contribution in [2.45, 2.75) is 0 Å². The van der Waals surface area contributed by atoms with Crippen molar-refractivity contribution in [3.63, 3.8) is 0 Å². The van der Waals surface area contributed by atoms with E-state index in [9.17, 15) is 14.4 Å². The Morgan fingerprint density at radius 1 is 1.14 bits per heavy atom. The highest BCUT2D eigenvalue weighted by molar-refractivity contribution is 8.18. The van der Waals surface area contributed by atoms with Crippen molar-refractivity contribution in [1.82, 2.24) is 0 Å². The Bertz CT molecular complexity index is 1080. The smallest absolute Gasteiger partial charge is 0.311 e. The van der Waals surface area contributed by atoms with Crippen LogP contribution in [0.1, 0.15) is 5.56 Å². The van der Waals surface area contributed by atoms with E-state index in [1.54, 1.807) is 48.5 Å². The number of para-hydroxylation sites is 1. The van der Waals surface area contributed by atoms with Gasteiger partial charge in [0.05, 0.1) is 16.2 Å². The van der Waals surface area contributed by atoms with Crippen LogP contribution in [0.4, 0.5) is 16.2 Å². The predicted molar refractivity (Wildman–Crippen MR) is 110 cm³/mol. The van der Waals surface area contributed by atoms with Gasteiger partial charge in [-0.2, -0.15) is 4.99 Å². The lowest BCUT2D eigenvalue weighted by molar-refractivity contribution is -0.118. The van der Waals surface area contributed by atoms with Crippen molar-refractivity contribution >= 4 is 63.2 Å². The van der Waals surface area contributed by atoms with Gasteiger partial charge in [-0.1, -0.05) is 29.8 Å². The molecule has 2 aliphatic heterocycles. The van der Waals surface area contributed by atoms with Crippen LogP contribution in [0.5, 0.6) is 0 Å². The number of rotatable bonds is 3. The number of halogens is 1. The average molecular weight is 413 g/mol. The first-order valence-electron chi connectivity index (χ1n) is 8.21. The Kier molecular flexibility index (Phi) is 4.66. The highest BCUT2D eigenvalue weighted by atomic mass is 35.5. The minimum absolute atomic E-state index is 0.0145. The van der Waals surface area contributed by atoms with E-state index in [2.05, 4.69) is 10.3 Å². The zero-order chi connectivity index (χ0) is 19.8. The molecule has 0 atom stereocenters. The van der Waals surface area contributed by atoms with Gasteiger partial charge in [-0.15, -0.1) is 0 Å². The molecule has 9 heteroatoms. The normalized spacial score (nSPS) is 18.3. The number of carbonyl (C=O) groups excluding carboxylic acids is 3. The van der Waals surface area contributed by atoms with Crippen LogP contribution in [0.25, 0.3) is 5.57 Å². The summed E-state index contributed by atoms with van der Waals surface area (Å²) in [5.41, 5.74) is 7.87. The lowest BCUT2D eigenvalue weighted by atomic mass is 10.1. The number of nitrogens with two attached hydrogens (primary N) is 1. The van der Waals surface area contributed by atoms with Gasteiger partial charge in [0.15, 0.2) is 0 Å². The first-order valence-corrected chi connectivity index (χ1v) is 9.41. The fourth-order valence-electron chi connectivity index (χ4n) is 3.02. The molecule has 0 radical (unpaired) electrons. The summed E-state index contributed by atoms with van der Waals surface area (Å²) < 4.78 is 0. The van der Waals surface area contributed by atoms with E-state index >= 15 is 0 Å². The summed E-state index contributed by atoms with van der Waals surface area (Å²) in [5.74, 6) is -0.753. The number of nitrogens with one attached hydrogen (secondary N) is 1. The van der Waals surface area contributed by atoms with Crippen molar-refractivity contribution in [2.24, 2.45) is 10.7 Å². The molecule has 2 heterocycles. The van der Waals surface area contributed by atoms with E-state index in [-0.39, 0.29) is 23.9 Å². The third kappa shape index (κ3) is 3.28. The summed E-state index contributed by atoms with van der Waals surface area (Å²) >= 11 is 6.66. The number of amides is 3. The van der Waals surface area contributed by atoms with Crippen molar-refractivity contribution < 1.29 is 14.4 Å². The molecule has 0 fully saturated rings. The highest BCUT2D eigenvalue weighted by Gasteiger charge is 2.38. The van der Waals surface area contributed by atoms with E-state index in [1.165, 1.54) is 4.90 Å². The van der Waals surface area contributed by atoms with Gasteiger partial charge in [0.1, 0.15) is 12.4 Å². The molecule has 0 unspecified atom stereocenters.